The van der Waals surface area contributed by atoms with Crippen molar-refractivity contribution in [3.05, 3.63) is 64.2 Å². The largest absolute Gasteiger partial charge is 0.508 e. The molecule has 0 atom stereocenters. The van der Waals surface area contributed by atoms with Crippen LogP contribution in [0.4, 0.5) is 0 Å². The highest BCUT2D eigenvalue weighted by Crippen LogP contribution is 2.17. The molecule has 2 aromatic carbocycles. The summed E-state index contributed by atoms with van der Waals surface area (Å²) in [6.45, 7) is 2.12. The lowest BCUT2D eigenvalue weighted by atomic mass is 10.1. The Labute approximate surface area is 116 Å². The first-order valence-electron chi connectivity index (χ1n) is 5.89. The van der Waals surface area contributed by atoms with Crippen molar-refractivity contribution in [3.8, 4) is 5.75 Å². The standard InChI is InChI=1S/C15H14ClNO2/c1-10-8-12(16)6-7-13(10)15(19)17-9-11-4-2-3-5-14(11)18/h2-8,18H,9H2,1H3,(H,17,19). The van der Waals surface area contributed by atoms with Crippen LogP contribution in [0.5, 0.6) is 5.75 Å². The first-order chi connectivity index (χ1) is 9.08. The fourth-order valence-corrected chi connectivity index (χ4v) is 2.04. The smallest absolute Gasteiger partial charge is 0.251 e. The van der Waals surface area contributed by atoms with Crippen LogP contribution < -0.4 is 5.32 Å². The van der Waals surface area contributed by atoms with E-state index in [1.165, 1.54) is 0 Å². The number of aromatic hydroxyl groups is 1. The molecular weight excluding hydrogens is 262 g/mol. The molecule has 3 nitrogen and oxygen atoms in total. The van der Waals surface area contributed by atoms with Crippen molar-refractivity contribution in [2.45, 2.75) is 13.5 Å². The summed E-state index contributed by atoms with van der Waals surface area (Å²) in [5.41, 5.74) is 2.09. The zero-order valence-electron chi connectivity index (χ0n) is 10.5. The number of carbonyl (C=O) groups excluding carboxylic acids is 1. The molecule has 1 amide bonds. The zero-order valence-corrected chi connectivity index (χ0v) is 11.2. The lowest BCUT2D eigenvalue weighted by Crippen LogP contribution is -2.23. The van der Waals surface area contributed by atoms with E-state index < -0.39 is 0 Å². The van der Waals surface area contributed by atoms with Gasteiger partial charge in [0.2, 0.25) is 0 Å². The van der Waals surface area contributed by atoms with Crippen LogP contribution in [-0.4, -0.2) is 11.0 Å². The monoisotopic (exact) mass is 275 g/mol. The number of rotatable bonds is 3. The van der Waals surface area contributed by atoms with Crippen molar-refractivity contribution >= 4 is 17.5 Å². The molecule has 0 spiro atoms. The topological polar surface area (TPSA) is 49.3 Å². The molecule has 0 aromatic heterocycles. The molecule has 0 heterocycles. The number of phenols is 1. The fraction of sp³-hybridized carbons (Fsp3) is 0.133. The molecule has 0 fully saturated rings. The van der Waals surface area contributed by atoms with Gasteiger partial charge < -0.3 is 10.4 Å². The molecule has 2 aromatic rings. The minimum Gasteiger partial charge on any atom is -0.508 e. The zero-order chi connectivity index (χ0) is 13.8. The van der Waals surface area contributed by atoms with E-state index in [-0.39, 0.29) is 18.2 Å². The number of nitrogens with one attached hydrogen (secondary N) is 1. The van der Waals surface area contributed by atoms with E-state index in [4.69, 9.17) is 11.6 Å². The second-order valence-corrected chi connectivity index (χ2v) is 4.71. The SMILES string of the molecule is Cc1cc(Cl)ccc1C(=O)NCc1ccccc1O. The van der Waals surface area contributed by atoms with E-state index in [0.29, 0.717) is 16.1 Å². The van der Waals surface area contributed by atoms with Crippen molar-refractivity contribution in [2.75, 3.05) is 0 Å². The number of hydrogen-bond donors (Lipinski definition) is 2. The number of amides is 1. The number of hydrogen-bond acceptors (Lipinski definition) is 2. The Morgan fingerprint density at radius 1 is 1.26 bits per heavy atom. The molecule has 0 unspecified atom stereocenters. The maximum absolute atomic E-state index is 12.0. The van der Waals surface area contributed by atoms with Gasteiger partial charge in [0, 0.05) is 22.7 Å². The maximum Gasteiger partial charge on any atom is 0.251 e. The minimum absolute atomic E-state index is 0.177. The van der Waals surface area contributed by atoms with E-state index in [2.05, 4.69) is 5.32 Å². The van der Waals surface area contributed by atoms with Crippen molar-refractivity contribution in [2.24, 2.45) is 0 Å². The fourth-order valence-electron chi connectivity index (χ4n) is 1.81. The van der Waals surface area contributed by atoms with E-state index >= 15 is 0 Å². The van der Waals surface area contributed by atoms with Crippen LogP contribution in [0, 0.1) is 6.92 Å². The molecule has 0 aliphatic heterocycles. The van der Waals surface area contributed by atoms with Crippen molar-refractivity contribution in [1.29, 1.82) is 0 Å². The average Bonchev–Trinajstić information content (AvgIpc) is 2.37. The van der Waals surface area contributed by atoms with Crippen LogP contribution in [0.15, 0.2) is 42.5 Å². The molecular formula is C15H14ClNO2. The lowest BCUT2D eigenvalue weighted by molar-refractivity contribution is 0.0950. The number of para-hydroxylation sites is 1. The first-order valence-corrected chi connectivity index (χ1v) is 6.27. The Bertz CT molecular complexity index is 611. The Kier molecular flexibility index (Phi) is 4.07. The summed E-state index contributed by atoms with van der Waals surface area (Å²) in [7, 11) is 0. The summed E-state index contributed by atoms with van der Waals surface area (Å²) in [5.74, 6) is -0.00644. The molecule has 0 saturated heterocycles. The van der Waals surface area contributed by atoms with Gasteiger partial charge in [0.1, 0.15) is 5.75 Å². The highest BCUT2D eigenvalue weighted by Gasteiger charge is 2.09. The molecule has 0 aliphatic carbocycles. The van der Waals surface area contributed by atoms with Crippen LogP contribution in [0.1, 0.15) is 21.5 Å². The van der Waals surface area contributed by atoms with Gasteiger partial charge in [0.15, 0.2) is 0 Å². The molecule has 0 bridgehead atoms. The number of aryl methyl sites for hydroxylation is 1. The summed E-state index contributed by atoms with van der Waals surface area (Å²) >= 11 is 5.85. The molecule has 0 aliphatic rings. The number of benzene rings is 2. The summed E-state index contributed by atoms with van der Waals surface area (Å²) in [5, 5.41) is 13.0. The van der Waals surface area contributed by atoms with Crippen molar-refractivity contribution in [1.82, 2.24) is 5.32 Å². The van der Waals surface area contributed by atoms with Gasteiger partial charge in [-0.15, -0.1) is 0 Å². The van der Waals surface area contributed by atoms with E-state index in [9.17, 15) is 9.90 Å². The molecule has 98 valence electrons. The third kappa shape index (κ3) is 3.26. The second-order valence-electron chi connectivity index (χ2n) is 4.27. The van der Waals surface area contributed by atoms with Gasteiger partial charge in [-0.1, -0.05) is 29.8 Å². The van der Waals surface area contributed by atoms with E-state index in [1.54, 1.807) is 36.4 Å². The van der Waals surface area contributed by atoms with Crippen LogP contribution in [0.25, 0.3) is 0 Å². The Morgan fingerprint density at radius 3 is 2.68 bits per heavy atom. The van der Waals surface area contributed by atoms with E-state index in [1.807, 2.05) is 13.0 Å². The van der Waals surface area contributed by atoms with Gasteiger partial charge in [0.05, 0.1) is 0 Å². The average molecular weight is 276 g/mol. The third-order valence-electron chi connectivity index (χ3n) is 2.86. The minimum atomic E-state index is -0.183. The van der Waals surface area contributed by atoms with Crippen LogP contribution in [-0.2, 0) is 6.54 Å². The quantitative estimate of drug-likeness (QED) is 0.903. The molecule has 2 N–H and O–H groups in total. The highest BCUT2D eigenvalue weighted by atomic mass is 35.5. The molecule has 0 radical (unpaired) electrons. The number of phenolic OH excluding ortho intramolecular Hbond substituents is 1. The highest BCUT2D eigenvalue weighted by molar-refractivity contribution is 6.30. The molecule has 2 rings (SSSR count). The summed E-state index contributed by atoms with van der Waals surface area (Å²) in [6.07, 6.45) is 0. The first kappa shape index (κ1) is 13.4. The molecule has 19 heavy (non-hydrogen) atoms. The molecule has 0 saturated carbocycles. The Morgan fingerprint density at radius 2 is 2.00 bits per heavy atom. The predicted octanol–water partition coefficient (Wildman–Crippen LogP) is 3.28. The van der Waals surface area contributed by atoms with Gasteiger partial charge in [-0.05, 0) is 36.8 Å². The van der Waals surface area contributed by atoms with Gasteiger partial charge in [-0.2, -0.15) is 0 Å². The Balaban J connectivity index is 2.08. The van der Waals surface area contributed by atoms with Crippen molar-refractivity contribution < 1.29 is 9.90 Å². The summed E-state index contributed by atoms with van der Waals surface area (Å²) < 4.78 is 0. The van der Waals surface area contributed by atoms with Crippen LogP contribution >= 0.6 is 11.6 Å². The van der Waals surface area contributed by atoms with E-state index in [0.717, 1.165) is 5.56 Å². The number of carbonyl (C=O) groups is 1. The lowest BCUT2D eigenvalue weighted by Gasteiger charge is -2.09. The second kappa shape index (κ2) is 5.76. The molecule has 4 heteroatoms. The third-order valence-corrected chi connectivity index (χ3v) is 3.10. The van der Waals surface area contributed by atoms with Gasteiger partial charge in [0.25, 0.3) is 5.91 Å². The summed E-state index contributed by atoms with van der Waals surface area (Å²) in [6, 6.07) is 12.0. The van der Waals surface area contributed by atoms with Crippen LogP contribution in [0.2, 0.25) is 5.02 Å². The van der Waals surface area contributed by atoms with Crippen molar-refractivity contribution in [3.63, 3.8) is 0 Å². The van der Waals surface area contributed by atoms with Gasteiger partial charge >= 0.3 is 0 Å². The Hall–Kier alpha value is -2.00. The summed E-state index contributed by atoms with van der Waals surface area (Å²) in [4.78, 5) is 12.0. The predicted molar refractivity (Wildman–Crippen MR) is 75.5 cm³/mol. The maximum atomic E-state index is 12.0. The van der Waals surface area contributed by atoms with Gasteiger partial charge in [-0.25, -0.2) is 0 Å². The van der Waals surface area contributed by atoms with Crippen LogP contribution in [0.3, 0.4) is 0 Å². The van der Waals surface area contributed by atoms with Gasteiger partial charge in [-0.3, -0.25) is 4.79 Å². The number of halogens is 1. The normalized spacial score (nSPS) is 10.2.